The zero-order chi connectivity index (χ0) is 10.3. The highest BCUT2D eigenvalue weighted by Crippen LogP contribution is 2.00. The average molecular weight is 210 g/mol. The van der Waals surface area contributed by atoms with E-state index in [1.165, 1.54) is 11.4 Å². The summed E-state index contributed by atoms with van der Waals surface area (Å²) in [6.45, 7) is 2.46. The summed E-state index contributed by atoms with van der Waals surface area (Å²) in [6, 6.07) is 0. The van der Waals surface area contributed by atoms with E-state index in [1.54, 1.807) is 0 Å². The van der Waals surface area contributed by atoms with E-state index in [0.29, 0.717) is 6.54 Å². The minimum atomic E-state index is -3.37. The summed E-state index contributed by atoms with van der Waals surface area (Å²) in [4.78, 5) is 0. The number of hydrogen-bond donors (Lipinski definition) is 2. The molecule has 0 heterocycles. The lowest BCUT2D eigenvalue weighted by Crippen LogP contribution is -2.41. The second-order valence-electron chi connectivity index (χ2n) is 2.69. The van der Waals surface area contributed by atoms with Crippen molar-refractivity contribution in [2.24, 2.45) is 0 Å². The summed E-state index contributed by atoms with van der Waals surface area (Å²) in [5.74, 6) is 0. The molecular weight excluding hydrogens is 192 g/mol. The van der Waals surface area contributed by atoms with E-state index in [-0.39, 0.29) is 13.2 Å². The molecule has 0 atom stereocenters. The van der Waals surface area contributed by atoms with Gasteiger partial charge in [-0.15, -0.1) is 0 Å². The fourth-order valence-electron chi connectivity index (χ4n) is 0.927. The van der Waals surface area contributed by atoms with E-state index >= 15 is 0 Å². The standard InChI is InChI=1S/C7H18N2O3S/c1-3-4-5-9(6-7-10)13(11,12)8-2/h8,10H,3-7H2,1-2H3. The van der Waals surface area contributed by atoms with Crippen LogP contribution in [0, 0.1) is 0 Å². The Morgan fingerprint density at radius 1 is 1.38 bits per heavy atom. The normalized spacial score (nSPS) is 12.3. The van der Waals surface area contributed by atoms with Gasteiger partial charge in [0, 0.05) is 20.1 Å². The lowest BCUT2D eigenvalue weighted by atomic mass is 10.3. The lowest BCUT2D eigenvalue weighted by Gasteiger charge is -2.19. The van der Waals surface area contributed by atoms with Crippen molar-refractivity contribution in [3.8, 4) is 0 Å². The summed E-state index contributed by atoms with van der Waals surface area (Å²) in [6.07, 6.45) is 1.74. The molecule has 0 rings (SSSR count). The fraction of sp³-hybridized carbons (Fsp3) is 1.00. The maximum Gasteiger partial charge on any atom is 0.279 e. The summed E-state index contributed by atoms with van der Waals surface area (Å²) in [7, 11) is -2.00. The van der Waals surface area contributed by atoms with Crippen molar-refractivity contribution >= 4 is 10.2 Å². The smallest absolute Gasteiger partial charge is 0.279 e. The molecule has 0 aliphatic rings. The molecule has 0 aromatic rings. The van der Waals surface area contributed by atoms with Crippen LogP contribution in [-0.4, -0.2) is 44.6 Å². The Bertz CT molecular complexity index is 216. The molecule has 0 amide bonds. The first-order valence-electron chi connectivity index (χ1n) is 4.38. The van der Waals surface area contributed by atoms with Gasteiger partial charge in [-0.1, -0.05) is 13.3 Å². The Morgan fingerprint density at radius 3 is 2.38 bits per heavy atom. The molecule has 0 radical (unpaired) electrons. The van der Waals surface area contributed by atoms with Crippen molar-refractivity contribution in [3.63, 3.8) is 0 Å². The summed E-state index contributed by atoms with van der Waals surface area (Å²) >= 11 is 0. The first-order valence-corrected chi connectivity index (χ1v) is 5.82. The largest absolute Gasteiger partial charge is 0.395 e. The van der Waals surface area contributed by atoms with Gasteiger partial charge in [-0.05, 0) is 6.42 Å². The zero-order valence-corrected chi connectivity index (χ0v) is 8.97. The predicted molar refractivity (Wildman–Crippen MR) is 51.5 cm³/mol. The molecule has 6 heteroatoms. The van der Waals surface area contributed by atoms with Gasteiger partial charge in [0.1, 0.15) is 0 Å². The molecule has 2 N–H and O–H groups in total. The summed E-state index contributed by atoms with van der Waals surface area (Å²) in [5, 5.41) is 8.66. The van der Waals surface area contributed by atoms with Gasteiger partial charge in [0.25, 0.3) is 10.2 Å². The van der Waals surface area contributed by atoms with Gasteiger partial charge >= 0.3 is 0 Å². The summed E-state index contributed by atoms with van der Waals surface area (Å²) in [5.41, 5.74) is 0. The highest BCUT2D eigenvalue weighted by Gasteiger charge is 2.17. The molecule has 0 bridgehead atoms. The van der Waals surface area contributed by atoms with Crippen molar-refractivity contribution < 1.29 is 13.5 Å². The zero-order valence-electron chi connectivity index (χ0n) is 8.15. The third-order valence-electron chi connectivity index (χ3n) is 1.71. The molecule has 0 saturated carbocycles. The molecule has 0 spiro atoms. The molecule has 13 heavy (non-hydrogen) atoms. The minimum absolute atomic E-state index is 0.148. The van der Waals surface area contributed by atoms with Crippen LogP contribution in [0.4, 0.5) is 0 Å². The van der Waals surface area contributed by atoms with Crippen LogP contribution in [0.2, 0.25) is 0 Å². The van der Waals surface area contributed by atoms with E-state index in [4.69, 9.17) is 5.11 Å². The van der Waals surface area contributed by atoms with Gasteiger partial charge < -0.3 is 5.11 Å². The maximum absolute atomic E-state index is 11.3. The molecule has 5 nitrogen and oxygen atoms in total. The fourth-order valence-corrected chi connectivity index (χ4v) is 1.88. The Labute approximate surface area is 79.9 Å². The average Bonchev–Trinajstić information content (AvgIpc) is 2.12. The van der Waals surface area contributed by atoms with E-state index in [9.17, 15) is 8.42 Å². The molecule has 0 fully saturated rings. The second-order valence-corrected chi connectivity index (χ2v) is 4.56. The Kier molecular flexibility index (Phi) is 6.23. The van der Waals surface area contributed by atoms with Crippen LogP contribution in [0.25, 0.3) is 0 Å². The molecule has 0 aliphatic carbocycles. The Morgan fingerprint density at radius 2 is 2.00 bits per heavy atom. The number of rotatable bonds is 7. The Hall–Kier alpha value is -0.170. The molecular formula is C7H18N2O3S. The van der Waals surface area contributed by atoms with Crippen LogP contribution in [0.3, 0.4) is 0 Å². The van der Waals surface area contributed by atoms with E-state index in [1.807, 2.05) is 6.92 Å². The van der Waals surface area contributed by atoms with E-state index in [2.05, 4.69) is 4.72 Å². The number of nitrogens with one attached hydrogen (secondary N) is 1. The van der Waals surface area contributed by atoms with Gasteiger partial charge in [-0.25, -0.2) is 4.72 Å². The first kappa shape index (κ1) is 12.8. The molecule has 0 aromatic carbocycles. The van der Waals surface area contributed by atoms with Crippen LogP contribution >= 0.6 is 0 Å². The predicted octanol–water partition coefficient (Wildman–Crippen LogP) is -0.455. The van der Waals surface area contributed by atoms with Crippen LogP contribution in [0.1, 0.15) is 19.8 Å². The van der Waals surface area contributed by atoms with Gasteiger partial charge in [0.15, 0.2) is 0 Å². The van der Waals surface area contributed by atoms with Gasteiger partial charge in [-0.3, -0.25) is 0 Å². The van der Waals surface area contributed by atoms with Crippen molar-refractivity contribution in [2.75, 3.05) is 26.7 Å². The lowest BCUT2D eigenvalue weighted by molar-refractivity contribution is 0.251. The van der Waals surface area contributed by atoms with Crippen molar-refractivity contribution in [2.45, 2.75) is 19.8 Å². The van der Waals surface area contributed by atoms with Crippen molar-refractivity contribution in [1.82, 2.24) is 9.03 Å². The third-order valence-corrected chi connectivity index (χ3v) is 3.27. The SMILES string of the molecule is CCCCN(CCO)S(=O)(=O)NC. The molecule has 80 valence electrons. The van der Waals surface area contributed by atoms with E-state index in [0.717, 1.165) is 12.8 Å². The highest BCUT2D eigenvalue weighted by molar-refractivity contribution is 7.87. The van der Waals surface area contributed by atoms with Crippen molar-refractivity contribution in [1.29, 1.82) is 0 Å². The maximum atomic E-state index is 11.3. The minimum Gasteiger partial charge on any atom is -0.395 e. The van der Waals surface area contributed by atoms with Crippen LogP contribution < -0.4 is 4.72 Å². The number of aliphatic hydroxyl groups is 1. The number of nitrogens with zero attached hydrogens (tertiary/aromatic N) is 1. The topological polar surface area (TPSA) is 69.6 Å². The quantitative estimate of drug-likeness (QED) is 0.597. The molecule has 0 aliphatic heterocycles. The first-order chi connectivity index (χ1) is 6.08. The van der Waals surface area contributed by atoms with Crippen LogP contribution in [0.5, 0.6) is 0 Å². The second kappa shape index (κ2) is 6.31. The van der Waals surface area contributed by atoms with Crippen molar-refractivity contribution in [3.05, 3.63) is 0 Å². The molecule has 0 unspecified atom stereocenters. The molecule has 0 aromatic heterocycles. The number of aliphatic hydroxyl groups excluding tert-OH is 1. The van der Waals surface area contributed by atoms with Crippen LogP contribution in [0.15, 0.2) is 0 Å². The van der Waals surface area contributed by atoms with Gasteiger partial charge in [0.05, 0.1) is 6.61 Å². The molecule has 0 saturated heterocycles. The third kappa shape index (κ3) is 4.56. The van der Waals surface area contributed by atoms with Gasteiger partial charge in [0.2, 0.25) is 0 Å². The highest BCUT2D eigenvalue weighted by atomic mass is 32.2. The number of hydrogen-bond acceptors (Lipinski definition) is 3. The Balaban J connectivity index is 4.23. The van der Waals surface area contributed by atoms with E-state index < -0.39 is 10.2 Å². The monoisotopic (exact) mass is 210 g/mol. The summed E-state index contributed by atoms with van der Waals surface area (Å²) < 4.78 is 26.1. The van der Waals surface area contributed by atoms with Gasteiger partial charge in [-0.2, -0.15) is 12.7 Å². The van der Waals surface area contributed by atoms with Crippen LogP contribution in [-0.2, 0) is 10.2 Å². The number of unbranched alkanes of at least 4 members (excludes halogenated alkanes) is 1.